The van der Waals surface area contributed by atoms with Crippen molar-refractivity contribution in [2.24, 2.45) is 0 Å². The minimum atomic E-state index is -0.673. The zero-order chi connectivity index (χ0) is 15.4. The van der Waals surface area contributed by atoms with E-state index in [-0.39, 0.29) is 29.3 Å². The van der Waals surface area contributed by atoms with E-state index in [0.29, 0.717) is 0 Å². The summed E-state index contributed by atoms with van der Waals surface area (Å²) in [5, 5.41) is 13.0. The van der Waals surface area contributed by atoms with Gasteiger partial charge in [0.1, 0.15) is 11.6 Å². The molecule has 2 rings (SSSR count). The summed E-state index contributed by atoms with van der Waals surface area (Å²) < 4.78 is 13.4. The number of nitrogen functional groups attached to an aromatic ring is 1. The van der Waals surface area contributed by atoms with Gasteiger partial charge in [0.15, 0.2) is 0 Å². The van der Waals surface area contributed by atoms with Gasteiger partial charge in [0.2, 0.25) is 11.7 Å². The topological polar surface area (TPSA) is 111 Å². The van der Waals surface area contributed by atoms with E-state index >= 15 is 0 Å². The highest BCUT2D eigenvalue weighted by Gasteiger charge is 2.14. The molecule has 3 N–H and O–H groups in total. The fourth-order valence-corrected chi connectivity index (χ4v) is 1.69. The van der Waals surface area contributed by atoms with Crippen molar-refractivity contribution >= 4 is 23.2 Å². The molecule has 1 amide bonds. The van der Waals surface area contributed by atoms with E-state index in [1.807, 2.05) is 0 Å². The smallest absolute Gasteiger partial charge is 0.311 e. The molecule has 8 heteroatoms. The molecule has 0 saturated carbocycles. The summed E-state index contributed by atoms with van der Waals surface area (Å²) in [5.41, 5.74) is 5.31. The average Bonchev–Trinajstić information content (AvgIpc) is 2.41. The molecule has 0 bridgehead atoms. The van der Waals surface area contributed by atoms with E-state index in [1.165, 1.54) is 24.3 Å². The first kappa shape index (κ1) is 14.4. The molecule has 0 aliphatic carbocycles. The molecular weight excluding hydrogens is 279 g/mol. The van der Waals surface area contributed by atoms with E-state index in [9.17, 15) is 19.3 Å². The first-order chi connectivity index (χ1) is 9.97. The second-order valence-corrected chi connectivity index (χ2v) is 4.17. The van der Waals surface area contributed by atoms with Crippen molar-refractivity contribution in [2.75, 3.05) is 11.1 Å². The third kappa shape index (κ3) is 3.50. The Labute approximate surface area is 118 Å². The number of benzene rings is 1. The van der Waals surface area contributed by atoms with Crippen LogP contribution in [0, 0.1) is 15.9 Å². The molecular formula is C13H11FN4O3. The molecule has 1 heterocycles. The van der Waals surface area contributed by atoms with E-state index in [2.05, 4.69) is 10.3 Å². The fourth-order valence-electron chi connectivity index (χ4n) is 1.69. The molecule has 2 aromatic rings. The minimum absolute atomic E-state index is 0.0689. The van der Waals surface area contributed by atoms with Gasteiger partial charge in [-0.2, -0.15) is 0 Å². The Hall–Kier alpha value is -3.03. The average molecular weight is 290 g/mol. The maximum atomic E-state index is 13.4. The van der Waals surface area contributed by atoms with Gasteiger partial charge in [0.25, 0.3) is 0 Å². The molecule has 0 radical (unpaired) electrons. The van der Waals surface area contributed by atoms with Crippen LogP contribution in [-0.2, 0) is 11.2 Å². The lowest BCUT2D eigenvalue weighted by Gasteiger charge is -2.06. The van der Waals surface area contributed by atoms with Crippen LogP contribution in [0.3, 0.4) is 0 Å². The van der Waals surface area contributed by atoms with Crippen molar-refractivity contribution in [1.82, 2.24) is 4.98 Å². The Balaban J connectivity index is 2.08. The lowest BCUT2D eigenvalue weighted by molar-refractivity contribution is -0.384. The lowest BCUT2D eigenvalue weighted by Crippen LogP contribution is -2.16. The monoisotopic (exact) mass is 290 g/mol. The number of nitrogens with zero attached hydrogens (tertiary/aromatic N) is 2. The molecule has 1 aromatic carbocycles. The molecule has 0 aliphatic heterocycles. The van der Waals surface area contributed by atoms with Crippen LogP contribution in [-0.4, -0.2) is 15.8 Å². The van der Waals surface area contributed by atoms with Gasteiger partial charge in [0, 0.05) is 6.07 Å². The molecule has 1 aromatic heterocycles. The van der Waals surface area contributed by atoms with Crippen molar-refractivity contribution in [3.05, 3.63) is 57.9 Å². The third-order valence-corrected chi connectivity index (χ3v) is 2.68. The number of carbonyl (C=O) groups excluding carboxylic acids is 1. The zero-order valence-electron chi connectivity index (χ0n) is 10.7. The highest BCUT2D eigenvalue weighted by molar-refractivity contribution is 5.91. The molecule has 0 fully saturated rings. The van der Waals surface area contributed by atoms with Crippen LogP contribution in [0.15, 0.2) is 36.4 Å². The molecule has 0 spiro atoms. The number of hydrogen-bond acceptors (Lipinski definition) is 5. The molecule has 21 heavy (non-hydrogen) atoms. The highest BCUT2D eigenvalue weighted by Crippen LogP contribution is 2.20. The summed E-state index contributed by atoms with van der Waals surface area (Å²) in [6.07, 6.45) is -0.175. The zero-order valence-corrected chi connectivity index (χ0v) is 10.7. The van der Waals surface area contributed by atoms with Crippen molar-refractivity contribution < 1.29 is 14.1 Å². The number of nitrogens with two attached hydrogens (primary N) is 1. The second-order valence-electron chi connectivity index (χ2n) is 4.17. The Morgan fingerprint density at radius 1 is 1.33 bits per heavy atom. The molecule has 0 aliphatic rings. The first-order valence-electron chi connectivity index (χ1n) is 5.91. The summed E-state index contributed by atoms with van der Waals surface area (Å²) in [4.78, 5) is 25.4. The van der Waals surface area contributed by atoms with E-state index in [0.717, 1.165) is 6.07 Å². The number of rotatable bonds is 4. The number of amides is 1. The van der Waals surface area contributed by atoms with Crippen molar-refractivity contribution in [1.29, 1.82) is 0 Å². The largest absolute Gasteiger partial charge is 0.378 e. The normalized spacial score (nSPS) is 10.1. The van der Waals surface area contributed by atoms with Crippen molar-refractivity contribution in [3.8, 4) is 0 Å². The second kappa shape index (κ2) is 5.95. The summed E-state index contributed by atoms with van der Waals surface area (Å²) in [6, 6.07) is 8.29. The van der Waals surface area contributed by atoms with Crippen LogP contribution in [0.1, 0.15) is 5.56 Å². The summed E-state index contributed by atoms with van der Waals surface area (Å²) in [6.45, 7) is 0. The molecule has 108 valence electrons. The van der Waals surface area contributed by atoms with E-state index < -0.39 is 16.6 Å². The van der Waals surface area contributed by atoms with Gasteiger partial charge in [-0.3, -0.25) is 14.9 Å². The quantitative estimate of drug-likeness (QED) is 0.659. The number of aromatic nitrogens is 1. The van der Waals surface area contributed by atoms with Crippen molar-refractivity contribution in [2.45, 2.75) is 6.42 Å². The minimum Gasteiger partial charge on any atom is -0.378 e. The van der Waals surface area contributed by atoms with Gasteiger partial charge in [-0.15, -0.1) is 0 Å². The molecule has 0 atom stereocenters. The molecule has 0 saturated heterocycles. The van der Waals surface area contributed by atoms with E-state index in [4.69, 9.17) is 5.73 Å². The van der Waals surface area contributed by atoms with Gasteiger partial charge >= 0.3 is 5.69 Å². The predicted octanol–water partition coefficient (Wildman–Crippen LogP) is 1.89. The van der Waals surface area contributed by atoms with Crippen LogP contribution in [0.4, 0.5) is 21.7 Å². The summed E-state index contributed by atoms with van der Waals surface area (Å²) in [5.74, 6) is -1.21. The molecule has 0 unspecified atom stereocenters. The van der Waals surface area contributed by atoms with Crippen LogP contribution in [0.5, 0.6) is 0 Å². The number of nitrogens with one attached hydrogen (secondary N) is 1. The standard InChI is InChI=1S/C13H11FN4O3/c14-9-4-2-1-3-8(9)7-12(19)16-11-6-5-10(18(20)21)13(15)17-11/h1-6H,7H2,(H3,15,16,17,19). The lowest BCUT2D eigenvalue weighted by atomic mass is 10.1. The van der Waals surface area contributed by atoms with Crippen LogP contribution >= 0.6 is 0 Å². The Kier molecular flexibility index (Phi) is 4.07. The number of halogens is 1. The number of anilines is 2. The maximum absolute atomic E-state index is 13.4. The Bertz CT molecular complexity index is 706. The van der Waals surface area contributed by atoms with Gasteiger partial charge in [0.05, 0.1) is 11.3 Å². The van der Waals surface area contributed by atoms with Gasteiger partial charge < -0.3 is 11.1 Å². The Morgan fingerprint density at radius 2 is 2.05 bits per heavy atom. The van der Waals surface area contributed by atoms with Crippen LogP contribution < -0.4 is 11.1 Å². The number of pyridine rings is 1. The fraction of sp³-hybridized carbons (Fsp3) is 0.0769. The molecule has 7 nitrogen and oxygen atoms in total. The SMILES string of the molecule is Nc1nc(NC(=O)Cc2ccccc2F)ccc1[N+](=O)[O-]. The van der Waals surface area contributed by atoms with Gasteiger partial charge in [-0.05, 0) is 17.7 Å². The van der Waals surface area contributed by atoms with Crippen molar-refractivity contribution in [3.63, 3.8) is 0 Å². The van der Waals surface area contributed by atoms with Gasteiger partial charge in [-0.25, -0.2) is 9.37 Å². The highest BCUT2D eigenvalue weighted by atomic mass is 19.1. The number of carbonyl (C=O) groups is 1. The summed E-state index contributed by atoms with van der Waals surface area (Å²) in [7, 11) is 0. The van der Waals surface area contributed by atoms with Crippen LogP contribution in [0.2, 0.25) is 0 Å². The number of nitro groups is 1. The number of hydrogen-bond donors (Lipinski definition) is 2. The maximum Gasteiger partial charge on any atom is 0.311 e. The predicted molar refractivity (Wildman–Crippen MR) is 74.0 cm³/mol. The third-order valence-electron chi connectivity index (χ3n) is 2.68. The van der Waals surface area contributed by atoms with Crippen LogP contribution in [0.25, 0.3) is 0 Å². The first-order valence-corrected chi connectivity index (χ1v) is 5.91. The summed E-state index contributed by atoms with van der Waals surface area (Å²) >= 11 is 0. The van der Waals surface area contributed by atoms with Gasteiger partial charge in [-0.1, -0.05) is 18.2 Å². The Morgan fingerprint density at radius 3 is 2.67 bits per heavy atom. The van der Waals surface area contributed by atoms with E-state index in [1.54, 1.807) is 6.07 Å².